The summed E-state index contributed by atoms with van der Waals surface area (Å²) < 4.78 is 12.1. The maximum absolute atomic E-state index is 14.0. The van der Waals surface area contributed by atoms with Gasteiger partial charge in [-0.2, -0.15) is 0 Å². The lowest BCUT2D eigenvalue weighted by atomic mass is 9.95. The fraction of sp³-hybridized carbons (Fsp3) is 0.562. The summed E-state index contributed by atoms with van der Waals surface area (Å²) in [5.41, 5.74) is 10.2. The van der Waals surface area contributed by atoms with E-state index < -0.39 is 5.91 Å². The number of fused-ring (bicyclic) bond motifs is 1. The second-order valence-corrected chi connectivity index (χ2v) is 10.9. The number of nitrogens with two attached hydrogens (primary N) is 1. The second kappa shape index (κ2) is 14.0. The van der Waals surface area contributed by atoms with Crippen LogP contribution in [0.4, 0.5) is 5.69 Å². The van der Waals surface area contributed by atoms with Crippen LogP contribution in [0.1, 0.15) is 81.5 Å². The maximum Gasteiger partial charge on any atom is 0.252 e. The highest BCUT2D eigenvalue weighted by atomic mass is 16.5. The largest absolute Gasteiger partial charge is 0.460 e. The van der Waals surface area contributed by atoms with Crippen molar-refractivity contribution in [1.82, 2.24) is 10.2 Å². The summed E-state index contributed by atoms with van der Waals surface area (Å²) in [4.78, 5) is 31.0. The molecule has 8 nitrogen and oxygen atoms in total. The molecule has 1 aromatic heterocycles. The number of carbonyl (C=O) groups excluding carboxylic acids is 2. The third kappa shape index (κ3) is 6.78. The number of benzene rings is 1. The molecule has 0 bridgehead atoms. The molecule has 3 heterocycles. The van der Waals surface area contributed by atoms with E-state index in [4.69, 9.17) is 14.9 Å². The van der Waals surface area contributed by atoms with Gasteiger partial charge in [0.05, 0.1) is 12.1 Å². The molecule has 0 spiro atoms. The molecule has 0 aliphatic carbocycles. The van der Waals surface area contributed by atoms with Crippen LogP contribution in [0, 0.1) is 0 Å². The predicted octanol–water partition coefficient (Wildman–Crippen LogP) is 5.09. The third-order valence-electron chi connectivity index (χ3n) is 8.27. The van der Waals surface area contributed by atoms with Crippen LogP contribution in [0.5, 0.6) is 0 Å². The quantitative estimate of drug-likeness (QED) is 0.298. The first-order valence-electron chi connectivity index (χ1n) is 14.9. The smallest absolute Gasteiger partial charge is 0.252 e. The van der Waals surface area contributed by atoms with Gasteiger partial charge in [0.25, 0.3) is 5.91 Å². The molecule has 0 saturated carbocycles. The van der Waals surface area contributed by atoms with Gasteiger partial charge in [0, 0.05) is 55.1 Å². The number of nitrogens with zero attached hydrogens (tertiary/aromatic N) is 2. The maximum atomic E-state index is 14.0. The number of carbonyl (C=O) groups is 2. The van der Waals surface area contributed by atoms with Crippen molar-refractivity contribution >= 4 is 28.5 Å². The molecule has 2 amide bonds. The Kier molecular flexibility index (Phi) is 10.5. The average molecular weight is 551 g/mol. The van der Waals surface area contributed by atoms with Crippen LogP contribution in [0.3, 0.4) is 0 Å². The average Bonchev–Trinajstić information content (AvgIpc) is 3.35. The molecule has 2 aliphatic rings. The zero-order valence-corrected chi connectivity index (χ0v) is 24.7. The first kappa shape index (κ1) is 29.9. The summed E-state index contributed by atoms with van der Waals surface area (Å²) in [7, 11) is 0. The summed E-state index contributed by atoms with van der Waals surface area (Å²) in [5, 5.41) is 3.84. The third-order valence-corrected chi connectivity index (χ3v) is 8.27. The number of nitrogens with one attached hydrogen (secondary N) is 1. The van der Waals surface area contributed by atoms with Crippen molar-refractivity contribution in [2.24, 2.45) is 5.73 Å². The normalized spacial score (nSPS) is 17.8. The standard InChI is InChI=1S/C32H46N4O4/c1-5-11-22(4)27(31(33)37)20-34-32(38)30-25(6-2)28(36(7-3)23-12-16-39-17-13-23)19-29-26(30)18-24(40-29)21-35-14-9-8-10-15-35/h5,11,18-19,23H,6-10,12-17,20-21H2,1-4H3,(H2,33,37)(H,34,38)/b11-5+,27-22-. The minimum atomic E-state index is -0.533. The molecule has 2 saturated heterocycles. The van der Waals surface area contributed by atoms with Gasteiger partial charge in [-0.3, -0.25) is 14.5 Å². The minimum absolute atomic E-state index is 0.0646. The monoisotopic (exact) mass is 550 g/mol. The van der Waals surface area contributed by atoms with Gasteiger partial charge in [0.2, 0.25) is 5.91 Å². The number of anilines is 1. The van der Waals surface area contributed by atoms with Gasteiger partial charge in [-0.05, 0) is 83.2 Å². The van der Waals surface area contributed by atoms with E-state index in [2.05, 4.69) is 35.0 Å². The fourth-order valence-corrected chi connectivity index (χ4v) is 6.20. The molecular weight excluding hydrogens is 504 g/mol. The van der Waals surface area contributed by atoms with Crippen LogP contribution in [-0.4, -0.2) is 62.1 Å². The molecule has 4 rings (SSSR count). The van der Waals surface area contributed by atoms with Crippen molar-refractivity contribution in [3.8, 4) is 0 Å². The summed E-state index contributed by atoms with van der Waals surface area (Å²) >= 11 is 0. The Labute approximate surface area is 238 Å². The van der Waals surface area contributed by atoms with E-state index in [-0.39, 0.29) is 12.5 Å². The molecule has 0 unspecified atom stereocenters. The highest BCUT2D eigenvalue weighted by Gasteiger charge is 2.28. The Hall–Kier alpha value is -3.10. The molecule has 3 N–H and O–H groups in total. The number of primary amides is 1. The number of hydrogen-bond donors (Lipinski definition) is 2. The Balaban J connectivity index is 1.77. The SMILES string of the molecule is C/C=C/C(C)=C(/CNC(=O)c1c(CC)c(N(CC)C2CCOCC2)cc2oc(CN3CCCCC3)cc12)C(N)=O. The van der Waals surface area contributed by atoms with E-state index in [1.54, 1.807) is 0 Å². The fourth-order valence-electron chi connectivity index (χ4n) is 6.20. The number of furan rings is 1. The van der Waals surface area contributed by atoms with E-state index in [9.17, 15) is 9.59 Å². The molecular formula is C32H46N4O4. The van der Waals surface area contributed by atoms with Crippen LogP contribution in [0.15, 0.2) is 39.8 Å². The number of ether oxygens (including phenoxy) is 1. The van der Waals surface area contributed by atoms with Gasteiger partial charge in [0.15, 0.2) is 0 Å². The highest BCUT2D eigenvalue weighted by molar-refractivity contribution is 6.10. The van der Waals surface area contributed by atoms with Crippen LogP contribution in [-0.2, 0) is 22.5 Å². The van der Waals surface area contributed by atoms with Crippen molar-refractivity contribution in [3.05, 3.63) is 52.3 Å². The van der Waals surface area contributed by atoms with E-state index in [0.717, 1.165) is 85.8 Å². The lowest BCUT2D eigenvalue weighted by Gasteiger charge is -2.37. The molecule has 2 aromatic rings. The number of allylic oxidation sites excluding steroid dienone is 3. The minimum Gasteiger partial charge on any atom is -0.460 e. The van der Waals surface area contributed by atoms with Crippen LogP contribution < -0.4 is 16.0 Å². The Bertz CT molecular complexity index is 1250. The first-order chi connectivity index (χ1) is 19.4. The summed E-state index contributed by atoms with van der Waals surface area (Å²) in [6.07, 6.45) is 9.96. The van der Waals surface area contributed by atoms with Gasteiger partial charge >= 0.3 is 0 Å². The van der Waals surface area contributed by atoms with Crippen molar-refractivity contribution in [3.63, 3.8) is 0 Å². The Morgan fingerprint density at radius 3 is 2.50 bits per heavy atom. The van der Waals surface area contributed by atoms with Gasteiger partial charge < -0.3 is 25.1 Å². The lowest BCUT2D eigenvalue weighted by molar-refractivity contribution is -0.114. The molecule has 218 valence electrons. The molecule has 8 heteroatoms. The summed E-state index contributed by atoms with van der Waals surface area (Å²) in [6, 6.07) is 4.52. The number of hydrogen-bond acceptors (Lipinski definition) is 6. The van der Waals surface area contributed by atoms with E-state index in [0.29, 0.717) is 23.6 Å². The van der Waals surface area contributed by atoms with E-state index in [1.165, 1.54) is 19.3 Å². The number of amides is 2. The number of likely N-dealkylation sites (tertiary alicyclic amines) is 1. The molecule has 1 aromatic carbocycles. The van der Waals surface area contributed by atoms with Gasteiger partial charge in [-0.15, -0.1) is 0 Å². The van der Waals surface area contributed by atoms with Gasteiger partial charge in [-0.25, -0.2) is 0 Å². The zero-order valence-electron chi connectivity index (χ0n) is 24.7. The van der Waals surface area contributed by atoms with Crippen LogP contribution in [0.2, 0.25) is 0 Å². The molecule has 40 heavy (non-hydrogen) atoms. The van der Waals surface area contributed by atoms with Crippen molar-refractivity contribution < 1.29 is 18.7 Å². The zero-order chi connectivity index (χ0) is 28.6. The van der Waals surface area contributed by atoms with Crippen molar-refractivity contribution in [2.75, 3.05) is 44.3 Å². The molecule has 2 aliphatic heterocycles. The highest BCUT2D eigenvalue weighted by Crippen LogP contribution is 2.37. The van der Waals surface area contributed by atoms with Gasteiger partial charge in [-0.1, -0.05) is 25.5 Å². The molecule has 0 radical (unpaired) electrons. The lowest BCUT2D eigenvalue weighted by Crippen LogP contribution is -2.40. The van der Waals surface area contributed by atoms with Gasteiger partial charge in [0.1, 0.15) is 11.3 Å². The van der Waals surface area contributed by atoms with Crippen molar-refractivity contribution in [1.29, 1.82) is 0 Å². The Morgan fingerprint density at radius 1 is 1.15 bits per heavy atom. The number of piperidine rings is 1. The van der Waals surface area contributed by atoms with Crippen molar-refractivity contribution in [2.45, 2.75) is 78.8 Å². The second-order valence-electron chi connectivity index (χ2n) is 10.9. The van der Waals surface area contributed by atoms with Crippen LogP contribution in [0.25, 0.3) is 11.0 Å². The predicted molar refractivity (Wildman–Crippen MR) is 161 cm³/mol. The molecule has 0 atom stereocenters. The Morgan fingerprint density at radius 2 is 1.88 bits per heavy atom. The van der Waals surface area contributed by atoms with Crippen LogP contribution >= 0.6 is 0 Å². The first-order valence-corrected chi connectivity index (χ1v) is 14.9. The van der Waals surface area contributed by atoms with E-state index in [1.807, 2.05) is 32.1 Å². The molecule has 2 fully saturated rings. The number of rotatable bonds is 11. The van der Waals surface area contributed by atoms with E-state index >= 15 is 0 Å². The summed E-state index contributed by atoms with van der Waals surface area (Å²) in [5.74, 6) is 0.124. The summed E-state index contributed by atoms with van der Waals surface area (Å²) in [6.45, 7) is 13.2. The topological polar surface area (TPSA) is 101 Å².